The van der Waals surface area contributed by atoms with E-state index in [0.717, 1.165) is 104 Å². The Bertz CT molecular complexity index is 1870. The summed E-state index contributed by atoms with van der Waals surface area (Å²) in [5.74, 6) is 1.23. The van der Waals surface area contributed by atoms with E-state index in [1.165, 1.54) is 10.4 Å². The number of para-hydroxylation sites is 1. The van der Waals surface area contributed by atoms with Gasteiger partial charge in [0.1, 0.15) is 16.6 Å². The largest absolute Gasteiger partial charge is 0.508 e. The van der Waals surface area contributed by atoms with Crippen molar-refractivity contribution < 1.29 is 24.6 Å². The Morgan fingerprint density at radius 3 is 2.11 bits per heavy atom. The lowest BCUT2D eigenvalue weighted by Gasteiger charge is -2.31. The molecule has 0 aliphatic heterocycles. The van der Waals surface area contributed by atoms with Gasteiger partial charge in [0.2, 0.25) is 12.3 Å². The first-order valence-electron chi connectivity index (χ1n) is 21.8. The molecule has 0 aliphatic rings. The zero-order chi connectivity index (χ0) is 45.9. The summed E-state index contributed by atoms with van der Waals surface area (Å²) in [5, 5.41) is 36.8. The predicted octanol–water partition coefficient (Wildman–Crippen LogP) is 11.7. The lowest BCUT2D eigenvalue weighted by Crippen LogP contribution is -2.35. The highest BCUT2D eigenvalue weighted by atomic mass is 32.1. The number of rotatable bonds is 25. The number of thiophene rings is 1. The molecule has 0 spiro atoms. The second kappa shape index (κ2) is 29.9. The smallest absolute Gasteiger partial charge is 0.337 e. The maximum Gasteiger partial charge on any atom is 0.337 e. The zero-order valence-corrected chi connectivity index (χ0v) is 39.3. The molecule has 2 amide bonds. The number of nitrogens with zero attached hydrogens (tertiary/aromatic N) is 3. The van der Waals surface area contributed by atoms with Crippen LogP contribution in [-0.2, 0) is 9.59 Å². The Kier molecular flexibility index (Phi) is 26.4. The quantitative estimate of drug-likeness (QED) is 0.0187. The number of carbonyl (C=O) groups is 3. The molecule has 12 heteroatoms. The average molecular weight is 859 g/mol. The lowest BCUT2D eigenvalue weighted by molar-refractivity contribution is -0.121. The van der Waals surface area contributed by atoms with Crippen LogP contribution in [0.25, 0.3) is 5.57 Å². The number of hydrogen-bond donors (Lipinski definition) is 5. The summed E-state index contributed by atoms with van der Waals surface area (Å²) in [6.45, 7) is 33.1. The second-order valence-corrected chi connectivity index (χ2v) is 16.2. The van der Waals surface area contributed by atoms with Crippen LogP contribution in [0.5, 0.6) is 5.75 Å². The van der Waals surface area contributed by atoms with E-state index >= 15 is 0 Å². The van der Waals surface area contributed by atoms with Crippen molar-refractivity contribution in [3.8, 4) is 5.75 Å². The first-order chi connectivity index (χ1) is 29.2. The van der Waals surface area contributed by atoms with Gasteiger partial charge in [-0.05, 0) is 99.3 Å². The van der Waals surface area contributed by atoms with Gasteiger partial charge in [0.05, 0.1) is 11.3 Å². The molecular formula is C49H74N6O5S. The molecule has 0 fully saturated rings. The van der Waals surface area contributed by atoms with E-state index in [1.54, 1.807) is 35.6 Å². The van der Waals surface area contributed by atoms with Crippen molar-refractivity contribution in [1.82, 2.24) is 10.6 Å². The summed E-state index contributed by atoms with van der Waals surface area (Å²) in [6, 6.07) is 12.3. The van der Waals surface area contributed by atoms with Crippen LogP contribution in [0.3, 0.4) is 0 Å². The van der Waals surface area contributed by atoms with Crippen LogP contribution < -0.4 is 20.9 Å². The Morgan fingerprint density at radius 1 is 0.918 bits per heavy atom. The Morgan fingerprint density at radius 2 is 1.54 bits per heavy atom. The summed E-state index contributed by atoms with van der Waals surface area (Å²) in [4.78, 5) is 37.0. The third-order valence-electron chi connectivity index (χ3n) is 10.7. The summed E-state index contributed by atoms with van der Waals surface area (Å²) in [7, 11) is 0. The number of aryl methyl sites for hydroxylation is 2. The van der Waals surface area contributed by atoms with Gasteiger partial charge in [-0.2, -0.15) is 5.10 Å². The molecule has 1 heterocycles. The monoisotopic (exact) mass is 859 g/mol. The average Bonchev–Trinajstić information content (AvgIpc) is 3.54. The van der Waals surface area contributed by atoms with Crippen molar-refractivity contribution >= 4 is 58.4 Å². The minimum absolute atomic E-state index is 0.0314. The Balaban J connectivity index is 0.000000587. The zero-order valence-electron chi connectivity index (χ0n) is 38.5. The fourth-order valence-electron chi connectivity index (χ4n) is 6.71. The third-order valence-corrected chi connectivity index (χ3v) is 12.0. The predicted molar refractivity (Wildman–Crippen MR) is 260 cm³/mol. The van der Waals surface area contributed by atoms with Crippen LogP contribution in [0.1, 0.15) is 143 Å². The van der Waals surface area contributed by atoms with Crippen molar-refractivity contribution in [2.45, 2.75) is 127 Å². The van der Waals surface area contributed by atoms with Crippen LogP contribution in [-0.4, -0.2) is 60.7 Å². The molecule has 3 aromatic rings. The number of benzene rings is 2. The van der Waals surface area contributed by atoms with E-state index in [4.69, 9.17) is 0 Å². The number of phenolic OH excluding ortho intramolecular Hbond substituents is 1. The second-order valence-electron chi connectivity index (χ2n) is 15.0. The van der Waals surface area contributed by atoms with E-state index < -0.39 is 5.97 Å². The molecular weight excluding hydrogens is 785 g/mol. The van der Waals surface area contributed by atoms with Crippen molar-refractivity contribution in [2.75, 3.05) is 29.9 Å². The highest BCUT2D eigenvalue weighted by molar-refractivity contribution is 7.16. The van der Waals surface area contributed by atoms with Crippen LogP contribution in [0.4, 0.5) is 10.7 Å². The van der Waals surface area contributed by atoms with E-state index in [0.29, 0.717) is 42.6 Å². The number of amides is 2. The van der Waals surface area contributed by atoms with Gasteiger partial charge in [-0.25, -0.2) is 4.79 Å². The Labute approximate surface area is 370 Å². The van der Waals surface area contributed by atoms with Crippen LogP contribution >= 0.6 is 11.3 Å². The maximum atomic E-state index is 12.0. The fourth-order valence-corrected chi connectivity index (χ4v) is 7.95. The molecule has 2 atom stereocenters. The SMILES string of the molecule is C=C(CCC(=O)NCCCCCCCCNC=O)Nc1c(C)cccc1C(=O)O.C=N/N=C(/C)N(C[C@H](CC)C(C)CC)c1sc(C)c(C)c1C(=C)c1ccc(O)cc1.CC. The number of phenols is 1. The first kappa shape index (κ1) is 53.8. The van der Waals surface area contributed by atoms with Crippen LogP contribution in [0, 0.1) is 32.6 Å². The van der Waals surface area contributed by atoms with Gasteiger partial charge >= 0.3 is 5.97 Å². The van der Waals surface area contributed by atoms with Crippen molar-refractivity contribution in [3.05, 3.63) is 94.0 Å². The first-order valence-corrected chi connectivity index (χ1v) is 22.6. The van der Waals surface area contributed by atoms with Gasteiger partial charge in [-0.1, -0.05) is 111 Å². The van der Waals surface area contributed by atoms with E-state index in [9.17, 15) is 24.6 Å². The number of unbranched alkanes of at least 4 members (excludes halogenated alkanes) is 5. The summed E-state index contributed by atoms with van der Waals surface area (Å²) in [6.07, 6.45) is 10.1. The van der Waals surface area contributed by atoms with Crippen molar-refractivity contribution in [1.29, 1.82) is 0 Å². The number of aromatic carboxylic acids is 1. The minimum atomic E-state index is -1.00. The molecule has 5 N–H and O–H groups in total. The number of anilines is 2. The number of carbonyl (C=O) groups excluding carboxylic acids is 2. The van der Waals surface area contributed by atoms with E-state index in [1.807, 2.05) is 45.9 Å². The van der Waals surface area contributed by atoms with Gasteiger partial charge in [-0.3, -0.25) is 9.59 Å². The normalized spacial score (nSPS) is 11.7. The molecule has 61 heavy (non-hydrogen) atoms. The topological polar surface area (TPSA) is 156 Å². The number of carboxylic acid groups (broad SMARTS) is 1. The van der Waals surface area contributed by atoms with Gasteiger partial charge in [-0.15, -0.1) is 16.4 Å². The third kappa shape index (κ3) is 18.5. The van der Waals surface area contributed by atoms with Gasteiger partial charge in [0.15, 0.2) is 0 Å². The van der Waals surface area contributed by atoms with Gasteiger partial charge in [0.25, 0.3) is 0 Å². The summed E-state index contributed by atoms with van der Waals surface area (Å²) < 4.78 is 0. The molecule has 336 valence electrons. The van der Waals surface area contributed by atoms with Crippen molar-refractivity contribution in [3.63, 3.8) is 0 Å². The summed E-state index contributed by atoms with van der Waals surface area (Å²) >= 11 is 1.77. The highest BCUT2D eigenvalue weighted by Crippen LogP contribution is 2.42. The van der Waals surface area contributed by atoms with Crippen LogP contribution in [0.15, 0.2) is 71.5 Å². The molecule has 3 rings (SSSR count). The standard InChI is InChI=1S/C25H35N3OS.C22H33N3O4.C2H6/c1-9-16(3)21(10-2)15-28(20(7)27-26-8)25-24(17(4)19(6)30-25)18(5)22-11-13-23(29)14-12-22;1-17-10-9-11-19(22(28)29)21(17)25-18(2)12-13-20(27)24-15-8-6-4-3-5-7-14-23-16-26;1-2/h11-14,16,21,29H,5,8-10,15H2,1-4,6-7H3;9-11,16,25H,2-8,12-15H2,1H3,(H,23,26)(H,24,27)(H,28,29);1-2H3/b27-20-;;/t16?,21-;;/m0../s1. The molecule has 0 saturated carbocycles. The molecule has 1 aromatic heterocycles. The number of amidine groups is 1. The van der Waals surface area contributed by atoms with E-state index in [2.05, 4.69) is 85.5 Å². The molecule has 2 aromatic carbocycles. The van der Waals surface area contributed by atoms with Crippen LogP contribution in [0.2, 0.25) is 0 Å². The molecule has 0 radical (unpaired) electrons. The highest BCUT2D eigenvalue weighted by Gasteiger charge is 2.26. The molecule has 0 saturated heterocycles. The van der Waals surface area contributed by atoms with Gasteiger partial charge < -0.3 is 31.1 Å². The lowest BCUT2D eigenvalue weighted by atomic mass is 9.89. The molecule has 0 aliphatic carbocycles. The fraction of sp³-hybridized carbons (Fsp3) is 0.490. The number of nitrogens with one attached hydrogen (secondary N) is 3. The van der Waals surface area contributed by atoms with Crippen molar-refractivity contribution in [2.24, 2.45) is 22.0 Å². The molecule has 0 bridgehead atoms. The minimum Gasteiger partial charge on any atom is -0.508 e. The molecule has 11 nitrogen and oxygen atoms in total. The number of carboxylic acids is 1. The van der Waals surface area contributed by atoms with E-state index in [-0.39, 0.29) is 17.2 Å². The van der Waals surface area contributed by atoms with Gasteiger partial charge in [0, 0.05) is 48.9 Å². The number of aromatic hydroxyl groups is 1. The Hall–Kier alpha value is -5.23. The maximum absolute atomic E-state index is 12.0. The summed E-state index contributed by atoms with van der Waals surface area (Å²) in [5.41, 5.74) is 6.46. The number of allylic oxidation sites excluding steroid dienone is 1. The number of hydrogen-bond acceptors (Lipinski definition) is 8. The molecule has 1 unspecified atom stereocenters.